The van der Waals surface area contributed by atoms with Crippen LogP contribution in [0.1, 0.15) is 16.8 Å². The van der Waals surface area contributed by atoms with E-state index in [9.17, 15) is 13.2 Å². The van der Waals surface area contributed by atoms with Crippen molar-refractivity contribution in [2.24, 2.45) is 0 Å². The molecule has 0 fully saturated rings. The van der Waals surface area contributed by atoms with Gasteiger partial charge in [0.1, 0.15) is 0 Å². The first kappa shape index (κ1) is 19.9. The number of nitrogens with one attached hydrogen (secondary N) is 1. The fourth-order valence-electron chi connectivity index (χ4n) is 3.50. The van der Waals surface area contributed by atoms with E-state index in [1.54, 1.807) is 6.20 Å². The monoisotopic (exact) mass is 474 g/mol. The lowest BCUT2D eigenvalue weighted by Crippen LogP contribution is -2.36. The molecule has 0 radical (unpaired) electrons. The Hall–Kier alpha value is -2.36. The zero-order valence-corrected chi connectivity index (χ0v) is 18.1. The highest BCUT2D eigenvalue weighted by Gasteiger charge is 2.24. The van der Waals surface area contributed by atoms with Crippen LogP contribution >= 0.6 is 15.9 Å². The van der Waals surface area contributed by atoms with E-state index >= 15 is 0 Å². The second-order valence-corrected chi connectivity index (χ2v) is 9.92. The number of fused-ring (bicyclic) bond motifs is 1. The standard InChI is InChI=1S/C20H19BrN4O3S/c1-29(27,28)20-23-18-6-8-25(12-17(18)19(26)24-20)11-14-10-22-7-5-16(14)13-3-2-4-15(21)9-13/h2-5,7,9-10H,6,8,11-12H2,1H3,(H,23,24,26). The van der Waals surface area contributed by atoms with Gasteiger partial charge in [-0.05, 0) is 34.9 Å². The molecule has 0 bridgehead atoms. The van der Waals surface area contributed by atoms with E-state index in [1.807, 2.05) is 24.4 Å². The average molecular weight is 475 g/mol. The third kappa shape index (κ3) is 4.31. The molecule has 0 saturated carbocycles. The Kier molecular flexibility index (Phi) is 5.37. The minimum atomic E-state index is -3.55. The van der Waals surface area contributed by atoms with Gasteiger partial charge in [-0.1, -0.05) is 28.1 Å². The van der Waals surface area contributed by atoms with Gasteiger partial charge in [-0.2, -0.15) is 0 Å². The van der Waals surface area contributed by atoms with Crippen LogP contribution in [-0.4, -0.2) is 41.1 Å². The number of aromatic amines is 1. The maximum atomic E-state index is 12.5. The number of sulfone groups is 1. The first-order valence-electron chi connectivity index (χ1n) is 9.04. The number of nitrogens with zero attached hydrogens (tertiary/aromatic N) is 3. The summed E-state index contributed by atoms with van der Waals surface area (Å²) in [7, 11) is -3.55. The molecule has 1 N–H and O–H groups in total. The summed E-state index contributed by atoms with van der Waals surface area (Å²) in [6, 6.07) is 10.1. The number of aromatic nitrogens is 3. The first-order valence-corrected chi connectivity index (χ1v) is 11.7. The van der Waals surface area contributed by atoms with Crippen molar-refractivity contribution < 1.29 is 8.42 Å². The molecule has 1 aliphatic rings. The van der Waals surface area contributed by atoms with Gasteiger partial charge in [-0.25, -0.2) is 13.4 Å². The average Bonchev–Trinajstić information content (AvgIpc) is 2.68. The van der Waals surface area contributed by atoms with Gasteiger partial charge in [0.25, 0.3) is 5.56 Å². The largest absolute Gasteiger partial charge is 0.297 e. The van der Waals surface area contributed by atoms with Crippen molar-refractivity contribution in [3.05, 3.63) is 74.4 Å². The summed E-state index contributed by atoms with van der Waals surface area (Å²) < 4.78 is 24.4. The topological polar surface area (TPSA) is 96.0 Å². The Morgan fingerprint density at radius 2 is 2.10 bits per heavy atom. The molecule has 4 rings (SSSR count). The predicted molar refractivity (Wildman–Crippen MR) is 113 cm³/mol. The molecule has 0 spiro atoms. The molecule has 1 aromatic carbocycles. The summed E-state index contributed by atoms with van der Waals surface area (Å²) in [6.07, 6.45) is 5.18. The van der Waals surface area contributed by atoms with Crippen molar-refractivity contribution in [2.75, 3.05) is 12.8 Å². The van der Waals surface area contributed by atoms with Crippen molar-refractivity contribution in [1.82, 2.24) is 19.9 Å². The number of halogens is 1. The van der Waals surface area contributed by atoms with Gasteiger partial charge in [-0.3, -0.25) is 19.7 Å². The van der Waals surface area contributed by atoms with Crippen LogP contribution < -0.4 is 5.56 Å². The van der Waals surface area contributed by atoms with E-state index in [4.69, 9.17) is 0 Å². The minimum absolute atomic E-state index is 0.265. The summed E-state index contributed by atoms with van der Waals surface area (Å²) in [5.74, 6) is 0. The van der Waals surface area contributed by atoms with Crippen LogP contribution in [-0.2, 0) is 29.3 Å². The molecule has 150 valence electrons. The number of hydrogen-bond donors (Lipinski definition) is 1. The van der Waals surface area contributed by atoms with Crippen molar-refractivity contribution in [3.63, 3.8) is 0 Å². The van der Waals surface area contributed by atoms with Crippen LogP contribution in [0.3, 0.4) is 0 Å². The van der Waals surface area contributed by atoms with Gasteiger partial charge in [0.2, 0.25) is 15.0 Å². The number of hydrogen-bond acceptors (Lipinski definition) is 6. The number of benzene rings is 1. The van der Waals surface area contributed by atoms with E-state index in [0.717, 1.165) is 27.4 Å². The van der Waals surface area contributed by atoms with Crippen LogP contribution in [0.25, 0.3) is 11.1 Å². The van der Waals surface area contributed by atoms with Crippen molar-refractivity contribution in [1.29, 1.82) is 0 Å². The van der Waals surface area contributed by atoms with E-state index in [2.05, 4.69) is 47.9 Å². The summed E-state index contributed by atoms with van der Waals surface area (Å²) >= 11 is 3.51. The zero-order valence-electron chi connectivity index (χ0n) is 15.7. The molecule has 3 heterocycles. The smallest absolute Gasteiger partial charge is 0.256 e. The van der Waals surface area contributed by atoms with Crippen LogP contribution in [0.5, 0.6) is 0 Å². The van der Waals surface area contributed by atoms with Crippen molar-refractivity contribution in [3.8, 4) is 11.1 Å². The van der Waals surface area contributed by atoms with Gasteiger partial charge < -0.3 is 0 Å². The molecule has 7 nitrogen and oxygen atoms in total. The first-order chi connectivity index (χ1) is 13.8. The maximum absolute atomic E-state index is 12.5. The lowest BCUT2D eigenvalue weighted by Gasteiger charge is -2.28. The predicted octanol–water partition coefficient (Wildman–Crippen LogP) is 2.56. The van der Waals surface area contributed by atoms with E-state index in [1.165, 1.54) is 0 Å². The summed E-state index contributed by atoms with van der Waals surface area (Å²) in [5.41, 5.74) is 3.93. The van der Waals surface area contributed by atoms with E-state index in [-0.39, 0.29) is 5.16 Å². The molecule has 0 atom stereocenters. The van der Waals surface area contributed by atoms with E-state index in [0.29, 0.717) is 37.3 Å². The molecule has 9 heteroatoms. The number of pyridine rings is 1. The highest BCUT2D eigenvalue weighted by Crippen LogP contribution is 2.27. The van der Waals surface area contributed by atoms with E-state index < -0.39 is 15.4 Å². The number of rotatable bonds is 4. The second-order valence-electron chi connectivity index (χ2n) is 7.07. The Balaban J connectivity index is 1.62. The number of H-pyrrole nitrogens is 1. The Morgan fingerprint density at radius 1 is 1.28 bits per heavy atom. The lowest BCUT2D eigenvalue weighted by molar-refractivity contribution is 0.241. The summed E-state index contributed by atoms with van der Waals surface area (Å²) in [6.45, 7) is 1.72. The molecule has 0 unspecified atom stereocenters. The molecule has 2 aromatic heterocycles. The fraction of sp³-hybridized carbons (Fsp3) is 0.250. The van der Waals surface area contributed by atoms with Gasteiger partial charge in [0.05, 0.1) is 11.3 Å². The minimum Gasteiger partial charge on any atom is -0.297 e. The third-order valence-electron chi connectivity index (χ3n) is 4.91. The molecule has 29 heavy (non-hydrogen) atoms. The Morgan fingerprint density at radius 3 is 2.86 bits per heavy atom. The molecular formula is C20H19BrN4O3S. The molecule has 0 amide bonds. The second kappa shape index (κ2) is 7.81. The highest BCUT2D eigenvalue weighted by atomic mass is 79.9. The lowest BCUT2D eigenvalue weighted by atomic mass is 10.0. The highest BCUT2D eigenvalue weighted by molar-refractivity contribution is 9.10. The summed E-state index contributed by atoms with van der Waals surface area (Å²) in [4.78, 5) is 25.5. The van der Waals surface area contributed by atoms with Crippen LogP contribution in [0.2, 0.25) is 0 Å². The fourth-order valence-corrected chi connectivity index (χ4v) is 4.45. The Labute approximate surface area is 176 Å². The normalized spacial score (nSPS) is 14.6. The molecule has 1 aliphatic heterocycles. The molecular weight excluding hydrogens is 456 g/mol. The SMILES string of the molecule is CS(=O)(=O)c1nc2c(c(=O)[nH]1)CN(Cc1cnccc1-c1cccc(Br)c1)CC2. The van der Waals surface area contributed by atoms with Crippen molar-refractivity contribution in [2.45, 2.75) is 24.7 Å². The zero-order chi connectivity index (χ0) is 20.6. The van der Waals surface area contributed by atoms with Crippen molar-refractivity contribution >= 4 is 25.8 Å². The molecule has 3 aromatic rings. The van der Waals surface area contributed by atoms with Gasteiger partial charge >= 0.3 is 0 Å². The van der Waals surface area contributed by atoms with Crippen LogP contribution in [0.15, 0.2) is 57.1 Å². The van der Waals surface area contributed by atoms with Crippen LogP contribution in [0.4, 0.5) is 0 Å². The van der Waals surface area contributed by atoms with Gasteiger partial charge in [0, 0.05) is 49.2 Å². The Bertz CT molecular complexity index is 1240. The maximum Gasteiger partial charge on any atom is 0.256 e. The molecule has 0 saturated heterocycles. The summed E-state index contributed by atoms with van der Waals surface area (Å²) in [5, 5.41) is -0.265. The third-order valence-corrected chi connectivity index (χ3v) is 6.30. The van der Waals surface area contributed by atoms with Crippen LogP contribution in [0, 0.1) is 0 Å². The van der Waals surface area contributed by atoms with Gasteiger partial charge in [0.15, 0.2) is 0 Å². The quantitative estimate of drug-likeness (QED) is 0.583. The van der Waals surface area contributed by atoms with Gasteiger partial charge in [-0.15, -0.1) is 0 Å². The molecule has 0 aliphatic carbocycles.